The van der Waals surface area contributed by atoms with Crippen molar-refractivity contribution in [1.29, 1.82) is 0 Å². The molecule has 1 heteroatoms. The standard InChI is InChI=1S/C7H13O/c1-4-5-8-6-7(2)3/h5H,2,4,6H2,1,3H3. The highest BCUT2D eigenvalue weighted by Gasteiger charge is 1.83. The van der Waals surface area contributed by atoms with Crippen LogP contribution in [-0.4, -0.2) is 6.61 Å². The zero-order valence-corrected chi connectivity index (χ0v) is 5.61. The molecule has 0 atom stereocenters. The van der Waals surface area contributed by atoms with Crippen molar-refractivity contribution in [1.82, 2.24) is 0 Å². The topological polar surface area (TPSA) is 9.23 Å². The predicted octanol–water partition coefficient (Wildman–Crippen LogP) is 2.15. The average Bonchev–Trinajstić information content (AvgIpc) is 1.66. The van der Waals surface area contributed by atoms with Gasteiger partial charge in [0.05, 0.1) is 13.2 Å². The highest BCUT2D eigenvalue weighted by atomic mass is 16.5. The molecule has 47 valence electrons. The van der Waals surface area contributed by atoms with Gasteiger partial charge in [-0.2, -0.15) is 0 Å². The normalized spacial score (nSPS) is 9.25. The molecule has 0 fully saturated rings. The van der Waals surface area contributed by atoms with Gasteiger partial charge >= 0.3 is 0 Å². The minimum absolute atomic E-state index is 0.661. The summed E-state index contributed by atoms with van der Waals surface area (Å²) in [5.41, 5.74) is 1.06. The summed E-state index contributed by atoms with van der Waals surface area (Å²) >= 11 is 0. The first-order valence-electron chi connectivity index (χ1n) is 2.85. The van der Waals surface area contributed by atoms with Gasteiger partial charge in [-0.3, -0.25) is 0 Å². The molecule has 0 aromatic carbocycles. The van der Waals surface area contributed by atoms with E-state index in [0.717, 1.165) is 12.0 Å². The van der Waals surface area contributed by atoms with Crippen LogP contribution in [0.5, 0.6) is 0 Å². The van der Waals surface area contributed by atoms with Crippen molar-refractivity contribution in [3.63, 3.8) is 0 Å². The summed E-state index contributed by atoms with van der Waals surface area (Å²) in [6.45, 7) is 10.1. The SMILES string of the molecule is C=C(C)CO[CH]CC. The molecule has 0 N–H and O–H groups in total. The molecule has 1 nitrogen and oxygen atoms in total. The molecular weight excluding hydrogens is 100 g/mol. The minimum Gasteiger partial charge on any atom is -0.371 e. The molecule has 1 radical (unpaired) electrons. The van der Waals surface area contributed by atoms with Crippen molar-refractivity contribution >= 4 is 0 Å². The van der Waals surface area contributed by atoms with Crippen LogP contribution in [0.1, 0.15) is 20.3 Å². The fourth-order valence-electron chi connectivity index (χ4n) is 0.319. The summed E-state index contributed by atoms with van der Waals surface area (Å²) in [4.78, 5) is 0. The van der Waals surface area contributed by atoms with Gasteiger partial charge in [-0.05, 0) is 13.3 Å². The van der Waals surface area contributed by atoms with E-state index in [-0.39, 0.29) is 0 Å². The van der Waals surface area contributed by atoms with Crippen molar-refractivity contribution in [2.45, 2.75) is 20.3 Å². The Morgan fingerprint density at radius 2 is 2.38 bits per heavy atom. The highest BCUT2D eigenvalue weighted by Crippen LogP contribution is 1.92. The monoisotopic (exact) mass is 113 g/mol. The number of hydrogen-bond donors (Lipinski definition) is 0. The van der Waals surface area contributed by atoms with Gasteiger partial charge in [0.15, 0.2) is 0 Å². The Bertz CT molecular complexity index is 66.8. The number of rotatable bonds is 4. The van der Waals surface area contributed by atoms with Crippen molar-refractivity contribution in [2.75, 3.05) is 6.61 Å². The Kier molecular flexibility index (Phi) is 4.67. The fourth-order valence-corrected chi connectivity index (χ4v) is 0.319. The molecule has 0 unspecified atom stereocenters. The van der Waals surface area contributed by atoms with E-state index in [9.17, 15) is 0 Å². The first kappa shape index (κ1) is 7.70. The third-order valence-corrected chi connectivity index (χ3v) is 0.614. The predicted molar refractivity (Wildman–Crippen MR) is 35.4 cm³/mol. The van der Waals surface area contributed by atoms with Crippen LogP contribution in [0, 0.1) is 6.61 Å². The van der Waals surface area contributed by atoms with Gasteiger partial charge in [-0.25, -0.2) is 0 Å². The average molecular weight is 113 g/mol. The molecular formula is C7H13O. The van der Waals surface area contributed by atoms with Crippen LogP contribution in [0.3, 0.4) is 0 Å². The molecule has 8 heavy (non-hydrogen) atoms. The van der Waals surface area contributed by atoms with Crippen LogP contribution < -0.4 is 0 Å². The Morgan fingerprint density at radius 3 is 2.75 bits per heavy atom. The smallest absolute Gasteiger partial charge is 0.0838 e. The Morgan fingerprint density at radius 1 is 1.75 bits per heavy atom. The van der Waals surface area contributed by atoms with E-state index in [1.807, 2.05) is 13.8 Å². The number of ether oxygens (including phenoxy) is 1. The van der Waals surface area contributed by atoms with Crippen molar-refractivity contribution in [3.8, 4) is 0 Å². The lowest BCUT2D eigenvalue weighted by molar-refractivity contribution is 0.220. The summed E-state index contributed by atoms with van der Waals surface area (Å²) < 4.78 is 5.02. The van der Waals surface area contributed by atoms with E-state index in [2.05, 4.69) is 6.58 Å². The van der Waals surface area contributed by atoms with Gasteiger partial charge in [-0.1, -0.05) is 19.1 Å². The summed E-state index contributed by atoms with van der Waals surface area (Å²) in [6.07, 6.45) is 0.966. The molecule has 0 aliphatic carbocycles. The third-order valence-electron chi connectivity index (χ3n) is 0.614. The van der Waals surface area contributed by atoms with E-state index in [0.29, 0.717) is 6.61 Å². The summed E-state index contributed by atoms with van der Waals surface area (Å²) in [5.74, 6) is 0. The van der Waals surface area contributed by atoms with Gasteiger partial charge in [0.2, 0.25) is 0 Å². The Hall–Kier alpha value is -0.300. The lowest BCUT2D eigenvalue weighted by Gasteiger charge is -1.97. The molecule has 0 bridgehead atoms. The van der Waals surface area contributed by atoms with E-state index >= 15 is 0 Å². The van der Waals surface area contributed by atoms with Gasteiger partial charge in [0, 0.05) is 0 Å². The molecule has 0 aromatic rings. The molecule has 0 spiro atoms. The maximum Gasteiger partial charge on any atom is 0.0838 e. The van der Waals surface area contributed by atoms with E-state index in [1.165, 1.54) is 0 Å². The molecule has 0 saturated carbocycles. The second-order valence-electron chi connectivity index (χ2n) is 1.84. The quantitative estimate of drug-likeness (QED) is 0.401. The Balaban J connectivity index is 2.82. The maximum absolute atomic E-state index is 5.02. The molecule has 0 aliphatic heterocycles. The second-order valence-corrected chi connectivity index (χ2v) is 1.84. The molecule has 0 rings (SSSR count). The molecule has 0 aromatic heterocycles. The summed E-state index contributed by atoms with van der Waals surface area (Å²) in [6, 6.07) is 0. The van der Waals surface area contributed by atoms with Crippen LogP contribution in [0.4, 0.5) is 0 Å². The van der Waals surface area contributed by atoms with Crippen LogP contribution >= 0.6 is 0 Å². The van der Waals surface area contributed by atoms with Gasteiger partial charge in [-0.15, -0.1) is 0 Å². The highest BCUT2D eigenvalue weighted by molar-refractivity contribution is 4.87. The lowest BCUT2D eigenvalue weighted by atomic mass is 10.4. The zero-order valence-electron chi connectivity index (χ0n) is 5.61. The van der Waals surface area contributed by atoms with Crippen molar-refractivity contribution in [2.24, 2.45) is 0 Å². The molecule has 0 saturated heterocycles. The van der Waals surface area contributed by atoms with Crippen molar-refractivity contribution < 1.29 is 4.74 Å². The van der Waals surface area contributed by atoms with Crippen LogP contribution in [-0.2, 0) is 4.74 Å². The van der Waals surface area contributed by atoms with E-state index in [1.54, 1.807) is 6.61 Å². The first-order valence-corrected chi connectivity index (χ1v) is 2.85. The fraction of sp³-hybridized carbons (Fsp3) is 0.571. The van der Waals surface area contributed by atoms with E-state index in [4.69, 9.17) is 4.74 Å². The molecule has 0 amide bonds. The van der Waals surface area contributed by atoms with Gasteiger partial charge in [0.1, 0.15) is 0 Å². The summed E-state index contributed by atoms with van der Waals surface area (Å²) in [5, 5.41) is 0. The maximum atomic E-state index is 5.02. The Labute approximate surface area is 51.4 Å². The zero-order chi connectivity index (χ0) is 6.41. The lowest BCUT2D eigenvalue weighted by Crippen LogP contribution is -1.89. The molecule has 0 heterocycles. The minimum atomic E-state index is 0.661. The third kappa shape index (κ3) is 5.70. The van der Waals surface area contributed by atoms with Gasteiger partial charge < -0.3 is 4.74 Å². The van der Waals surface area contributed by atoms with Gasteiger partial charge in [0.25, 0.3) is 0 Å². The second kappa shape index (κ2) is 4.85. The molecule has 0 aliphatic rings. The largest absolute Gasteiger partial charge is 0.371 e. The van der Waals surface area contributed by atoms with Crippen LogP contribution in [0.25, 0.3) is 0 Å². The van der Waals surface area contributed by atoms with Crippen LogP contribution in [0.2, 0.25) is 0 Å². The number of hydrogen-bond acceptors (Lipinski definition) is 1. The summed E-state index contributed by atoms with van der Waals surface area (Å²) in [7, 11) is 0. The van der Waals surface area contributed by atoms with Crippen molar-refractivity contribution in [3.05, 3.63) is 18.8 Å². The first-order chi connectivity index (χ1) is 3.77. The van der Waals surface area contributed by atoms with E-state index < -0.39 is 0 Å². The van der Waals surface area contributed by atoms with Crippen LogP contribution in [0.15, 0.2) is 12.2 Å².